The van der Waals surface area contributed by atoms with Crippen molar-refractivity contribution >= 4 is 17.7 Å². The fourth-order valence-corrected chi connectivity index (χ4v) is 1.43. The van der Waals surface area contributed by atoms with E-state index in [2.05, 4.69) is 25.9 Å². The van der Waals surface area contributed by atoms with Crippen molar-refractivity contribution in [3.8, 4) is 0 Å². The van der Waals surface area contributed by atoms with Gasteiger partial charge in [-0.15, -0.1) is 0 Å². The molecule has 0 aromatic carbocycles. The van der Waals surface area contributed by atoms with Crippen LogP contribution in [0, 0.1) is 6.92 Å². The third-order valence-corrected chi connectivity index (χ3v) is 2.40. The van der Waals surface area contributed by atoms with Crippen molar-refractivity contribution in [3.63, 3.8) is 0 Å². The van der Waals surface area contributed by atoms with Crippen molar-refractivity contribution in [3.05, 3.63) is 11.8 Å². The quantitative estimate of drug-likeness (QED) is 0.707. The first kappa shape index (κ1) is 14.2. The summed E-state index contributed by atoms with van der Waals surface area (Å²) in [7, 11) is 0. The highest BCUT2D eigenvalue weighted by molar-refractivity contribution is 5.84. The van der Waals surface area contributed by atoms with Gasteiger partial charge in [0.2, 0.25) is 11.9 Å². The topological polar surface area (TPSA) is 78.9 Å². The zero-order chi connectivity index (χ0) is 13.5. The Kier molecular flexibility index (Phi) is 5.35. The number of nitrogens with zero attached hydrogens (tertiary/aromatic N) is 2. The smallest absolute Gasteiger partial charge is 0.242 e. The number of carbonyl (C=O) groups excluding carboxylic acids is 1. The molecule has 1 aromatic rings. The number of aromatic nitrogens is 2. The van der Waals surface area contributed by atoms with Crippen LogP contribution in [0.15, 0.2) is 6.20 Å². The number of nitrogens with one attached hydrogen (secondary N) is 3. The molecule has 0 saturated heterocycles. The lowest BCUT2D eigenvalue weighted by molar-refractivity contribution is -0.121. The summed E-state index contributed by atoms with van der Waals surface area (Å²) in [5.41, 5.74) is 0.910. The van der Waals surface area contributed by atoms with Crippen molar-refractivity contribution in [2.24, 2.45) is 0 Å². The van der Waals surface area contributed by atoms with E-state index in [1.165, 1.54) is 0 Å². The summed E-state index contributed by atoms with van der Waals surface area (Å²) in [5, 5.41) is 8.89. The summed E-state index contributed by atoms with van der Waals surface area (Å²) in [6.45, 7) is 8.96. The SMILES string of the molecule is CCNC(=O)C(C)Nc1nc(NCC)ncc1C. The van der Waals surface area contributed by atoms with Gasteiger partial charge in [0.1, 0.15) is 11.9 Å². The van der Waals surface area contributed by atoms with E-state index in [1.54, 1.807) is 13.1 Å². The molecule has 0 radical (unpaired) electrons. The average Bonchev–Trinajstić information content (AvgIpc) is 2.34. The lowest BCUT2D eigenvalue weighted by atomic mass is 10.2. The van der Waals surface area contributed by atoms with E-state index < -0.39 is 0 Å². The van der Waals surface area contributed by atoms with E-state index >= 15 is 0 Å². The molecule has 0 aliphatic carbocycles. The number of likely N-dealkylation sites (N-methyl/N-ethyl adjacent to an activating group) is 1. The van der Waals surface area contributed by atoms with E-state index in [4.69, 9.17) is 0 Å². The maximum absolute atomic E-state index is 11.6. The van der Waals surface area contributed by atoms with Gasteiger partial charge in [-0.1, -0.05) is 0 Å². The molecule has 100 valence electrons. The molecule has 0 spiro atoms. The van der Waals surface area contributed by atoms with E-state index in [1.807, 2.05) is 20.8 Å². The standard InChI is InChI=1S/C12H21N5O/c1-5-13-11(18)9(4)16-10-8(3)7-15-12(17-10)14-6-2/h7,9H,5-6H2,1-4H3,(H,13,18)(H2,14,15,16,17). The number of carbonyl (C=O) groups is 1. The molecule has 6 heteroatoms. The molecular formula is C12H21N5O. The molecule has 18 heavy (non-hydrogen) atoms. The molecule has 1 amide bonds. The van der Waals surface area contributed by atoms with Crippen LogP contribution in [-0.4, -0.2) is 35.0 Å². The average molecular weight is 251 g/mol. The number of rotatable bonds is 6. The van der Waals surface area contributed by atoms with Crippen LogP contribution in [0.2, 0.25) is 0 Å². The van der Waals surface area contributed by atoms with Crippen LogP contribution in [0.3, 0.4) is 0 Å². The summed E-state index contributed by atoms with van der Waals surface area (Å²) < 4.78 is 0. The molecule has 0 aliphatic heterocycles. The molecule has 1 unspecified atom stereocenters. The van der Waals surface area contributed by atoms with Crippen molar-refractivity contribution in [1.29, 1.82) is 0 Å². The van der Waals surface area contributed by atoms with Gasteiger partial charge in [0.25, 0.3) is 0 Å². The molecular weight excluding hydrogens is 230 g/mol. The van der Waals surface area contributed by atoms with Crippen LogP contribution in [0.1, 0.15) is 26.3 Å². The van der Waals surface area contributed by atoms with E-state index in [9.17, 15) is 4.79 Å². The predicted octanol–water partition coefficient (Wildman–Crippen LogP) is 1.15. The minimum atomic E-state index is -0.326. The summed E-state index contributed by atoms with van der Waals surface area (Å²) in [5.74, 6) is 1.20. The number of hydrogen-bond donors (Lipinski definition) is 3. The maximum atomic E-state index is 11.6. The van der Waals surface area contributed by atoms with Crippen LogP contribution in [0.4, 0.5) is 11.8 Å². The first-order valence-corrected chi connectivity index (χ1v) is 6.20. The van der Waals surface area contributed by atoms with Gasteiger partial charge >= 0.3 is 0 Å². The Bertz CT molecular complexity index is 407. The zero-order valence-electron chi connectivity index (χ0n) is 11.4. The predicted molar refractivity (Wildman–Crippen MR) is 72.7 cm³/mol. The first-order valence-electron chi connectivity index (χ1n) is 6.20. The largest absolute Gasteiger partial charge is 0.358 e. The Hall–Kier alpha value is -1.85. The van der Waals surface area contributed by atoms with Crippen LogP contribution >= 0.6 is 0 Å². The number of hydrogen-bond acceptors (Lipinski definition) is 5. The lowest BCUT2D eigenvalue weighted by Gasteiger charge is -2.16. The fourth-order valence-electron chi connectivity index (χ4n) is 1.43. The zero-order valence-corrected chi connectivity index (χ0v) is 11.4. The van der Waals surface area contributed by atoms with Crippen LogP contribution in [0.25, 0.3) is 0 Å². The second kappa shape index (κ2) is 6.78. The molecule has 3 N–H and O–H groups in total. The second-order valence-electron chi connectivity index (χ2n) is 4.02. The van der Waals surface area contributed by atoms with Gasteiger partial charge in [0, 0.05) is 24.8 Å². The summed E-state index contributed by atoms with van der Waals surface area (Å²) in [4.78, 5) is 20.1. The summed E-state index contributed by atoms with van der Waals surface area (Å²) >= 11 is 0. The minimum Gasteiger partial charge on any atom is -0.358 e. The van der Waals surface area contributed by atoms with E-state index in [-0.39, 0.29) is 11.9 Å². The molecule has 1 heterocycles. The van der Waals surface area contributed by atoms with E-state index in [0.717, 1.165) is 12.1 Å². The highest BCUT2D eigenvalue weighted by Gasteiger charge is 2.13. The molecule has 0 saturated carbocycles. The fraction of sp³-hybridized carbons (Fsp3) is 0.583. The highest BCUT2D eigenvalue weighted by atomic mass is 16.2. The number of aryl methyl sites for hydroxylation is 1. The molecule has 0 aliphatic rings. The summed E-state index contributed by atoms with van der Waals surface area (Å²) in [6, 6.07) is -0.326. The van der Waals surface area contributed by atoms with Crippen molar-refractivity contribution in [1.82, 2.24) is 15.3 Å². The molecule has 1 aromatic heterocycles. The molecule has 1 rings (SSSR count). The Labute approximate surface area is 108 Å². The molecule has 0 fully saturated rings. The van der Waals surface area contributed by atoms with Crippen LogP contribution < -0.4 is 16.0 Å². The second-order valence-corrected chi connectivity index (χ2v) is 4.02. The van der Waals surface area contributed by atoms with Gasteiger partial charge < -0.3 is 16.0 Å². The van der Waals surface area contributed by atoms with Crippen molar-refractivity contribution in [2.75, 3.05) is 23.7 Å². The highest BCUT2D eigenvalue weighted by Crippen LogP contribution is 2.13. The number of anilines is 2. The lowest BCUT2D eigenvalue weighted by Crippen LogP contribution is -2.37. The number of amides is 1. The third-order valence-electron chi connectivity index (χ3n) is 2.40. The van der Waals surface area contributed by atoms with Crippen molar-refractivity contribution in [2.45, 2.75) is 33.7 Å². The van der Waals surface area contributed by atoms with Crippen LogP contribution in [0.5, 0.6) is 0 Å². The monoisotopic (exact) mass is 251 g/mol. The molecule has 0 bridgehead atoms. The van der Waals surface area contributed by atoms with Gasteiger partial charge in [-0.05, 0) is 27.7 Å². The maximum Gasteiger partial charge on any atom is 0.242 e. The summed E-state index contributed by atoms with van der Waals surface area (Å²) in [6.07, 6.45) is 1.73. The Morgan fingerprint density at radius 2 is 2.11 bits per heavy atom. The van der Waals surface area contributed by atoms with Gasteiger partial charge in [0.05, 0.1) is 0 Å². The Morgan fingerprint density at radius 3 is 2.72 bits per heavy atom. The molecule has 6 nitrogen and oxygen atoms in total. The van der Waals surface area contributed by atoms with Gasteiger partial charge in [-0.25, -0.2) is 4.98 Å². The Morgan fingerprint density at radius 1 is 1.39 bits per heavy atom. The normalized spacial score (nSPS) is 11.8. The van der Waals surface area contributed by atoms with Gasteiger partial charge in [-0.3, -0.25) is 4.79 Å². The van der Waals surface area contributed by atoms with Crippen molar-refractivity contribution < 1.29 is 4.79 Å². The molecule has 1 atom stereocenters. The van der Waals surface area contributed by atoms with Gasteiger partial charge in [0.15, 0.2) is 0 Å². The Balaban J connectivity index is 2.76. The van der Waals surface area contributed by atoms with E-state index in [0.29, 0.717) is 18.3 Å². The van der Waals surface area contributed by atoms with Crippen LogP contribution in [-0.2, 0) is 4.79 Å². The minimum absolute atomic E-state index is 0.0412. The van der Waals surface area contributed by atoms with Gasteiger partial charge in [-0.2, -0.15) is 4.98 Å². The third kappa shape index (κ3) is 3.87. The first-order chi connectivity index (χ1) is 8.58.